The molecule has 0 saturated heterocycles. The highest BCUT2D eigenvalue weighted by atomic mass is 19.1. The summed E-state index contributed by atoms with van der Waals surface area (Å²) in [5, 5.41) is 3.74. The number of methoxy groups -OCH3 is 1. The van der Waals surface area contributed by atoms with E-state index in [4.69, 9.17) is 4.74 Å². The van der Waals surface area contributed by atoms with Crippen LogP contribution in [0.1, 0.15) is 16.6 Å². The smallest absolute Gasteiger partial charge is 0.217 e. The number of ether oxygens (including phenoxy) is 1. The van der Waals surface area contributed by atoms with Gasteiger partial charge < -0.3 is 4.74 Å². The van der Waals surface area contributed by atoms with Crippen LogP contribution < -0.4 is 0 Å². The van der Waals surface area contributed by atoms with Crippen LogP contribution in [0, 0.1) is 11.6 Å². The molecule has 0 spiro atoms. The van der Waals surface area contributed by atoms with Crippen LogP contribution in [0.5, 0.6) is 0 Å². The molecular weight excluding hydrogens is 244 g/mol. The molecule has 2 aromatic rings. The average molecular weight is 253 g/mol. The molecule has 5 nitrogen and oxygen atoms in total. The molecule has 0 radical (unpaired) electrons. The fourth-order valence-electron chi connectivity index (χ4n) is 1.50. The van der Waals surface area contributed by atoms with Crippen molar-refractivity contribution in [2.75, 3.05) is 7.11 Å². The largest absolute Gasteiger partial charge is 0.353 e. The molecule has 7 heteroatoms. The van der Waals surface area contributed by atoms with Gasteiger partial charge in [-0.2, -0.15) is 5.10 Å². The average Bonchev–Trinajstić information content (AvgIpc) is 2.83. The first-order chi connectivity index (χ1) is 8.63. The molecule has 94 valence electrons. The summed E-state index contributed by atoms with van der Waals surface area (Å²) in [5.41, 5.74) is -0.265. The number of benzene rings is 1. The van der Waals surface area contributed by atoms with Crippen molar-refractivity contribution in [2.24, 2.45) is 0 Å². The molecule has 0 amide bonds. The Morgan fingerprint density at radius 1 is 1.44 bits per heavy atom. The van der Waals surface area contributed by atoms with E-state index in [1.165, 1.54) is 19.8 Å². The Morgan fingerprint density at radius 3 is 2.78 bits per heavy atom. The third-order valence-corrected chi connectivity index (χ3v) is 2.32. The van der Waals surface area contributed by atoms with Crippen LogP contribution in [-0.4, -0.2) is 27.7 Å². The van der Waals surface area contributed by atoms with Crippen LogP contribution >= 0.6 is 0 Å². The van der Waals surface area contributed by atoms with E-state index in [1.807, 2.05) is 0 Å². The Bertz CT molecular complexity index is 557. The second kappa shape index (κ2) is 5.01. The SMILES string of the molecule is COC(C(=O)c1ccc(F)cc1F)n1cncn1. The van der Waals surface area contributed by atoms with Crippen molar-refractivity contribution in [3.8, 4) is 0 Å². The van der Waals surface area contributed by atoms with E-state index >= 15 is 0 Å². The summed E-state index contributed by atoms with van der Waals surface area (Å²) in [4.78, 5) is 15.7. The highest BCUT2D eigenvalue weighted by Crippen LogP contribution is 2.17. The topological polar surface area (TPSA) is 57.0 Å². The van der Waals surface area contributed by atoms with E-state index in [0.29, 0.717) is 6.07 Å². The molecule has 1 heterocycles. The standard InChI is InChI=1S/C11H9F2N3O2/c1-18-11(16-6-14-5-15-16)10(17)8-3-2-7(12)4-9(8)13/h2-6,11H,1H3. The van der Waals surface area contributed by atoms with E-state index in [9.17, 15) is 13.6 Å². The van der Waals surface area contributed by atoms with Crippen molar-refractivity contribution in [1.29, 1.82) is 0 Å². The maximum atomic E-state index is 13.5. The summed E-state index contributed by atoms with van der Waals surface area (Å²) in [6.07, 6.45) is 1.36. The molecular formula is C11H9F2N3O2. The minimum absolute atomic E-state index is 0.265. The zero-order chi connectivity index (χ0) is 13.1. The third kappa shape index (κ3) is 2.25. The van der Waals surface area contributed by atoms with Crippen LogP contribution in [0.3, 0.4) is 0 Å². The number of nitrogens with zero attached hydrogens (tertiary/aromatic N) is 3. The maximum Gasteiger partial charge on any atom is 0.217 e. The zero-order valence-corrected chi connectivity index (χ0v) is 9.38. The van der Waals surface area contributed by atoms with Gasteiger partial charge in [0, 0.05) is 13.2 Å². The lowest BCUT2D eigenvalue weighted by molar-refractivity contribution is 0.0290. The summed E-state index contributed by atoms with van der Waals surface area (Å²) >= 11 is 0. The van der Waals surface area contributed by atoms with Gasteiger partial charge in [-0.05, 0) is 12.1 Å². The Balaban J connectivity index is 2.35. The highest BCUT2D eigenvalue weighted by molar-refractivity contribution is 5.98. The predicted octanol–water partition coefficient (Wildman–Crippen LogP) is 1.58. The second-order valence-corrected chi connectivity index (χ2v) is 3.45. The molecule has 0 aliphatic carbocycles. The summed E-state index contributed by atoms with van der Waals surface area (Å²) in [6, 6.07) is 2.71. The van der Waals surface area contributed by atoms with Gasteiger partial charge in [0.15, 0.2) is 0 Å². The molecule has 0 bridgehead atoms. The molecule has 18 heavy (non-hydrogen) atoms. The number of carbonyl (C=O) groups excluding carboxylic acids is 1. The lowest BCUT2D eigenvalue weighted by Gasteiger charge is -2.14. The zero-order valence-electron chi connectivity index (χ0n) is 9.38. The molecule has 0 N–H and O–H groups in total. The van der Waals surface area contributed by atoms with E-state index in [2.05, 4.69) is 10.1 Å². The van der Waals surface area contributed by atoms with Gasteiger partial charge >= 0.3 is 0 Å². The Kier molecular flexibility index (Phi) is 3.42. The van der Waals surface area contributed by atoms with Crippen molar-refractivity contribution >= 4 is 5.78 Å². The fourth-order valence-corrected chi connectivity index (χ4v) is 1.50. The van der Waals surface area contributed by atoms with Gasteiger partial charge in [-0.3, -0.25) is 4.79 Å². The Morgan fingerprint density at radius 2 is 2.22 bits per heavy atom. The minimum Gasteiger partial charge on any atom is -0.353 e. The third-order valence-electron chi connectivity index (χ3n) is 2.32. The van der Waals surface area contributed by atoms with Crippen molar-refractivity contribution in [2.45, 2.75) is 6.23 Å². The summed E-state index contributed by atoms with van der Waals surface area (Å²) in [6.45, 7) is 0. The number of Topliss-reactive ketones (excluding diaryl/α,β-unsaturated/α-hetero) is 1. The van der Waals surface area contributed by atoms with Crippen LogP contribution in [0.25, 0.3) is 0 Å². The molecule has 0 aliphatic heterocycles. The van der Waals surface area contributed by atoms with Gasteiger partial charge in [0.25, 0.3) is 0 Å². The number of hydrogen-bond donors (Lipinski definition) is 0. The monoisotopic (exact) mass is 253 g/mol. The van der Waals surface area contributed by atoms with Crippen LogP contribution in [0.2, 0.25) is 0 Å². The van der Waals surface area contributed by atoms with E-state index in [-0.39, 0.29) is 5.56 Å². The summed E-state index contributed by atoms with van der Waals surface area (Å²) < 4.78 is 32.3. The molecule has 0 aliphatic rings. The first-order valence-electron chi connectivity index (χ1n) is 4.99. The van der Waals surface area contributed by atoms with Crippen molar-refractivity contribution in [3.05, 3.63) is 48.1 Å². The molecule has 0 saturated carbocycles. The van der Waals surface area contributed by atoms with Gasteiger partial charge in [-0.25, -0.2) is 18.4 Å². The number of hydrogen-bond acceptors (Lipinski definition) is 4. The van der Waals surface area contributed by atoms with Gasteiger partial charge in [0.1, 0.15) is 24.3 Å². The molecule has 1 aromatic heterocycles. The van der Waals surface area contributed by atoms with Crippen LogP contribution in [-0.2, 0) is 4.74 Å². The Hall–Kier alpha value is -2.15. The summed E-state index contributed by atoms with van der Waals surface area (Å²) in [7, 11) is 1.28. The van der Waals surface area contributed by atoms with Gasteiger partial charge in [-0.1, -0.05) is 0 Å². The molecule has 1 atom stereocenters. The Labute approximate surface area is 101 Å². The van der Waals surface area contributed by atoms with Crippen molar-refractivity contribution in [3.63, 3.8) is 0 Å². The highest BCUT2D eigenvalue weighted by Gasteiger charge is 2.24. The first kappa shape index (κ1) is 12.3. The number of ketones is 1. The van der Waals surface area contributed by atoms with E-state index < -0.39 is 23.6 Å². The molecule has 1 aromatic carbocycles. The van der Waals surface area contributed by atoms with Gasteiger partial charge in [0.05, 0.1) is 5.56 Å². The number of halogens is 2. The number of aromatic nitrogens is 3. The normalized spacial score (nSPS) is 12.4. The van der Waals surface area contributed by atoms with Crippen molar-refractivity contribution < 1.29 is 18.3 Å². The van der Waals surface area contributed by atoms with E-state index in [0.717, 1.165) is 16.8 Å². The predicted molar refractivity (Wildman–Crippen MR) is 56.8 cm³/mol. The minimum atomic E-state index is -1.13. The van der Waals surface area contributed by atoms with Gasteiger partial charge in [-0.15, -0.1) is 0 Å². The summed E-state index contributed by atoms with van der Waals surface area (Å²) in [5.74, 6) is -2.36. The molecule has 2 rings (SSSR count). The van der Waals surface area contributed by atoms with Gasteiger partial charge in [0.2, 0.25) is 12.0 Å². The van der Waals surface area contributed by atoms with Crippen molar-refractivity contribution in [1.82, 2.24) is 14.8 Å². The second-order valence-electron chi connectivity index (χ2n) is 3.45. The lowest BCUT2D eigenvalue weighted by atomic mass is 10.1. The fraction of sp³-hybridized carbons (Fsp3) is 0.182. The van der Waals surface area contributed by atoms with Crippen LogP contribution in [0.4, 0.5) is 8.78 Å². The lowest BCUT2D eigenvalue weighted by Crippen LogP contribution is -2.23. The van der Waals surface area contributed by atoms with Crippen LogP contribution in [0.15, 0.2) is 30.9 Å². The molecule has 1 unspecified atom stereocenters. The first-order valence-corrected chi connectivity index (χ1v) is 4.99. The maximum absolute atomic E-state index is 13.5. The molecule has 0 fully saturated rings. The quantitative estimate of drug-likeness (QED) is 0.776. The van der Waals surface area contributed by atoms with E-state index in [1.54, 1.807) is 0 Å². The number of carbonyl (C=O) groups is 1. The number of rotatable bonds is 4.